The van der Waals surface area contributed by atoms with Crippen LogP contribution in [0.1, 0.15) is 70.2 Å². The molecule has 4 aliphatic rings. The molecule has 4 saturated carbocycles. The molecule has 0 heterocycles. The second-order valence-corrected chi connectivity index (χ2v) is 12.1. The van der Waals surface area contributed by atoms with Crippen LogP contribution in [-0.2, 0) is 14.3 Å². The number of carbonyl (C=O) groups excluding carboxylic acids is 3. The first-order valence-electron chi connectivity index (χ1n) is 12.7. The van der Waals surface area contributed by atoms with Crippen molar-refractivity contribution in [3.05, 3.63) is 35.9 Å². The van der Waals surface area contributed by atoms with Crippen LogP contribution in [0.25, 0.3) is 0 Å². The van der Waals surface area contributed by atoms with Crippen molar-refractivity contribution in [2.45, 2.75) is 77.6 Å². The average Bonchev–Trinajstić information content (AvgIpc) is 2.79. The SMILES string of the molecule is CC1CCC2(O)C(OC(=O)c3ccccc3)C3C4CCC4CC(O)C3(C)C(=O)C(=O)C1C2(C)C. The van der Waals surface area contributed by atoms with Gasteiger partial charge in [-0.1, -0.05) is 39.0 Å². The molecule has 5 rings (SSSR count). The predicted octanol–water partition coefficient (Wildman–Crippen LogP) is 3.58. The zero-order valence-corrected chi connectivity index (χ0v) is 20.5. The number of hydrogen-bond acceptors (Lipinski definition) is 6. The van der Waals surface area contributed by atoms with Gasteiger partial charge < -0.3 is 14.9 Å². The first kappa shape index (κ1) is 23.7. The molecule has 0 radical (unpaired) electrons. The predicted molar refractivity (Wildman–Crippen MR) is 125 cm³/mol. The molecule has 9 atom stereocenters. The fraction of sp³-hybridized carbons (Fsp3) is 0.679. The second-order valence-electron chi connectivity index (χ2n) is 12.1. The molecule has 6 nitrogen and oxygen atoms in total. The van der Waals surface area contributed by atoms with Crippen molar-refractivity contribution in [1.29, 1.82) is 0 Å². The van der Waals surface area contributed by atoms with Gasteiger partial charge in [-0.2, -0.15) is 0 Å². The molecule has 9 unspecified atom stereocenters. The van der Waals surface area contributed by atoms with Gasteiger partial charge in [0.05, 0.1) is 17.1 Å². The lowest BCUT2D eigenvalue weighted by Crippen LogP contribution is -2.74. The minimum Gasteiger partial charge on any atom is -0.455 e. The number of aliphatic hydroxyl groups is 2. The van der Waals surface area contributed by atoms with E-state index >= 15 is 0 Å². The summed E-state index contributed by atoms with van der Waals surface area (Å²) in [5.41, 5.74) is -3.52. The number of ether oxygens (including phenoxy) is 1. The number of rotatable bonds is 2. The molecule has 2 bridgehead atoms. The number of fused-ring (bicyclic) bond motifs is 5. The average molecular weight is 469 g/mol. The van der Waals surface area contributed by atoms with Crippen molar-refractivity contribution in [3.63, 3.8) is 0 Å². The minimum atomic E-state index is -1.51. The van der Waals surface area contributed by atoms with Crippen LogP contribution >= 0.6 is 0 Å². The summed E-state index contributed by atoms with van der Waals surface area (Å²) in [6.07, 6.45) is 1.11. The molecule has 6 heteroatoms. The molecule has 0 aromatic heterocycles. The number of Topliss-reactive ketones (excluding diaryl/α,β-unsaturated/α-hetero) is 2. The molecule has 34 heavy (non-hydrogen) atoms. The number of carbonyl (C=O) groups is 3. The molecule has 0 amide bonds. The van der Waals surface area contributed by atoms with Gasteiger partial charge in [0.15, 0.2) is 0 Å². The highest BCUT2D eigenvalue weighted by Crippen LogP contribution is 2.64. The fourth-order valence-electron chi connectivity index (χ4n) is 8.04. The molecule has 4 fully saturated rings. The number of esters is 1. The molecule has 2 N–H and O–H groups in total. The molecule has 4 aliphatic carbocycles. The van der Waals surface area contributed by atoms with E-state index in [1.807, 2.05) is 26.8 Å². The molecule has 0 aliphatic heterocycles. The summed E-state index contributed by atoms with van der Waals surface area (Å²) in [7, 11) is 0. The Balaban J connectivity index is 1.70. The van der Waals surface area contributed by atoms with Gasteiger partial charge in [-0.3, -0.25) is 9.59 Å². The van der Waals surface area contributed by atoms with Crippen LogP contribution in [0.15, 0.2) is 30.3 Å². The Labute approximate surface area is 201 Å². The van der Waals surface area contributed by atoms with Crippen molar-refractivity contribution in [1.82, 2.24) is 0 Å². The van der Waals surface area contributed by atoms with Crippen LogP contribution in [0.4, 0.5) is 0 Å². The zero-order valence-electron chi connectivity index (χ0n) is 20.5. The van der Waals surface area contributed by atoms with Gasteiger partial charge in [0.1, 0.15) is 11.7 Å². The van der Waals surface area contributed by atoms with Crippen LogP contribution in [0.3, 0.4) is 0 Å². The third-order valence-corrected chi connectivity index (χ3v) is 10.3. The summed E-state index contributed by atoms with van der Waals surface area (Å²) in [5.74, 6) is -2.85. The normalized spacial score (nSPS) is 45.2. The fourth-order valence-corrected chi connectivity index (χ4v) is 8.04. The maximum Gasteiger partial charge on any atom is 0.338 e. The van der Waals surface area contributed by atoms with E-state index in [1.54, 1.807) is 31.2 Å². The van der Waals surface area contributed by atoms with E-state index in [-0.39, 0.29) is 17.8 Å². The summed E-state index contributed by atoms with van der Waals surface area (Å²) in [5, 5.41) is 23.8. The van der Waals surface area contributed by atoms with Crippen LogP contribution < -0.4 is 0 Å². The van der Waals surface area contributed by atoms with Gasteiger partial charge in [-0.05, 0) is 68.9 Å². The van der Waals surface area contributed by atoms with E-state index in [0.29, 0.717) is 24.8 Å². The Morgan fingerprint density at radius 2 is 1.74 bits per heavy atom. The van der Waals surface area contributed by atoms with E-state index < -0.39 is 58.0 Å². The monoisotopic (exact) mass is 468 g/mol. The molecular formula is C28H36O6. The second kappa shape index (κ2) is 7.72. The molecular weight excluding hydrogens is 432 g/mol. The lowest BCUT2D eigenvalue weighted by Gasteiger charge is -2.65. The Hall–Kier alpha value is -2.05. The minimum absolute atomic E-state index is 0.00875. The summed E-state index contributed by atoms with van der Waals surface area (Å²) < 4.78 is 6.23. The summed E-state index contributed by atoms with van der Waals surface area (Å²) in [4.78, 5) is 41.1. The van der Waals surface area contributed by atoms with Crippen molar-refractivity contribution < 1.29 is 29.3 Å². The van der Waals surface area contributed by atoms with Crippen LogP contribution in [0, 0.1) is 40.4 Å². The van der Waals surface area contributed by atoms with Crippen LogP contribution in [0.5, 0.6) is 0 Å². The number of hydrogen-bond donors (Lipinski definition) is 2. The van der Waals surface area contributed by atoms with Crippen LogP contribution in [-0.4, -0.2) is 45.6 Å². The van der Waals surface area contributed by atoms with Crippen molar-refractivity contribution in [3.8, 4) is 0 Å². The smallest absolute Gasteiger partial charge is 0.338 e. The van der Waals surface area contributed by atoms with E-state index in [0.717, 1.165) is 12.8 Å². The molecule has 1 aromatic rings. The zero-order chi connectivity index (χ0) is 24.6. The number of benzene rings is 1. The molecule has 0 spiro atoms. The number of aliphatic hydroxyl groups excluding tert-OH is 1. The first-order chi connectivity index (χ1) is 15.9. The largest absolute Gasteiger partial charge is 0.455 e. The molecule has 1 aromatic carbocycles. The first-order valence-corrected chi connectivity index (χ1v) is 12.7. The topological polar surface area (TPSA) is 101 Å². The summed E-state index contributed by atoms with van der Waals surface area (Å²) in [6, 6.07) is 8.66. The highest BCUT2D eigenvalue weighted by Gasteiger charge is 2.72. The highest BCUT2D eigenvalue weighted by atomic mass is 16.6. The van der Waals surface area contributed by atoms with E-state index in [4.69, 9.17) is 4.74 Å². The van der Waals surface area contributed by atoms with Crippen molar-refractivity contribution in [2.75, 3.05) is 0 Å². The van der Waals surface area contributed by atoms with E-state index in [9.17, 15) is 24.6 Å². The highest BCUT2D eigenvalue weighted by molar-refractivity contribution is 6.40. The van der Waals surface area contributed by atoms with Gasteiger partial charge in [-0.25, -0.2) is 4.79 Å². The molecule has 0 saturated heterocycles. The maximum absolute atomic E-state index is 13.9. The molecule has 184 valence electrons. The van der Waals surface area contributed by atoms with Gasteiger partial charge in [0.25, 0.3) is 0 Å². The van der Waals surface area contributed by atoms with E-state index in [2.05, 4.69) is 0 Å². The standard InChI is InChI=1S/C28H36O6/c1-15-12-13-28(33)24(34-25(32)16-8-6-5-7-9-16)21-18-11-10-17(18)14-19(29)27(21,4)23(31)22(30)20(15)26(28,2)3/h5-9,15,17-21,24,29,33H,10-14H2,1-4H3. The lowest BCUT2D eigenvalue weighted by molar-refractivity contribution is -0.257. The summed E-state index contributed by atoms with van der Waals surface area (Å²) in [6.45, 7) is 7.29. The quantitative estimate of drug-likeness (QED) is 0.508. The van der Waals surface area contributed by atoms with Gasteiger partial charge in [0, 0.05) is 17.3 Å². The lowest BCUT2D eigenvalue weighted by atomic mass is 9.41. The van der Waals surface area contributed by atoms with Gasteiger partial charge in [0.2, 0.25) is 11.6 Å². The Bertz CT molecular complexity index is 1020. The van der Waals surface area contributed by atoms with Crippen LogP contribution in [0.2, 0.25) is 0 Å². The Morgan fingerprint density at radius 1 is 1.06 bits per heavy atom. The number of ketones is 2. The van der Waals surface area contributed by atoms with E-state index in [1.165, 1.54) is 0 Å². The Morgan fingerprint density at radius 3 is 2.35 bits per heavy atom. The third-order valence-electron chi connectivity index (χ3n) is 10.3. The third kappa shape index (κ3) is 2.97. The van der Waals surface area contributed by atoms with Gasteiger partial charge >= 0.3 is 5.97 Å². The Kier molecular flexibility index (Phi) is 5.38. The van der Waals surface area contributed by atoms with Crippen molar-refractivity contribution in [2.24, 2.45) is 40.4 Å². The summed E-state index contributed by atoms with van der Waals surface area (Å²) >= 11 is 0. The van der Waals surface area contributed by atoms with Gasteiger partial charge in [-0.15, -0.1) is 0 Å². The van der Waals surface area contributed by atoms with Crippen molar-refractivity contribution >= 4 is 17.5 Å². The maximum atomic E-state index is 13.9.